The summed E-state index contributed by atoms with van der Waals surface area (Å²) in [5.41, 5.74) is 1.40. The Morgan fingerprint density at radius 2 is 1.84 bits per heavy atom. The van der Waals surface area contributed by atoms with Gasteiger partial charge >= 0.3 is 0 Å². The Kier molecular flexibility index (Phi) is 5.41. The monoisotopic (exact) mass is 261 g/mol. The van der Waals surface area contributed by atoms with Crippen molar-refractivity contribution in [3.8, 4) is 0 Å². The normalized spacial score (nSPS) is 25.5. The van der Waals surface area contributed by atoms with Crippen LogP contribution in [0.2, 0.25) is 0 Å². The van der Waals surface area contributed by atoms with Crippen molar-refractivity contribution < 1.29 is 5.11 Å². The highest BCUT2D eigenvalue weighted by Gasteiger charge is 2.24. The van der Waals surface area contributed by atoms with Crippen molar-refractivity contribution >= 4 is 0 Å². The Morgan fingerprint density at radius 3 is 2.47 bits per heavy atom. The molecule has 2 N–H and O–H groups in total. The Balaban J connectivity index is 1.94. The van der Waals surface area contributed by atoms with Crippen LogP contribution in [0.1, 0.15) is 51.0 Å². The topological polar surface area (TPSA) is 32.3 Å². The van der Waals surface area contributed by atoms with Crippen LogP contribution in [-0.4, -0.2) is 23.8 Å². The summed E-state index contributed by atoms with van der Waals surface area (Å²) in [6.07, 6.45) is 4.33. The highest BCUT2D eigenvalue weighted by atomic mass is 16.3. The highest BCUT2D eigenvalue weighted by molar-refractivity contribution is 5.20. The lowest BCUT2D eigenvalue weighted by atomic mass is 9.87. The largest absolute Gasteiger partial charge is 0.392 e. The Hall–Kier alpha value is -0.860. The van der Waals surface area contributed by atoms with Gasteiger partial charge in [0.15, 0.2) is 0 Å². The van der Waals surface area contributed by atoms with Gasteiger partial charge < -0.3 is 10.4 Å². The molecule has 1 saturated carbocycles. The van der Waals surface area contributed by atoms with Gasteiger partial charge in [-0.25, -0.2) is 0 Å². The summed E-state index contributed by atoms with van der Waals surface area (Å²) in [7, 11) is 0. The van der Waals surface area contributed by atoms with Gasteiger partial charge in [-0.3, -0.25) is 0 Å². The minimum atomic E-state index is -0.155. The van der Waals surface area contributed by atoms with Crippen LogP contribution in [0.4, 0.5) is 0 Å². The van der Waals surface area contributed by atoms with Crippen LogP contribution in [0, 0.1) is 5.92 Å². The average Bonchev–Trinajstić information content (AvgIpc) is 2.42. The van der Waals surface area contributed by atoms with E-state index in [1.165, 1.54) is 18.4 Å². The predicted molar refractivity (Wildman–Crippen MR) is 80.3 cm³/mol. The number of benzene rings is 1. The Labute approximate surface area is 117 Å². The van der Waals surface area contributed by atoms with Gasteiger partial charge in [-0.1, -0.05) is 57.0 Å². The van der Waals surface area contributed by atoms with Crippen LogP contribution in [0.5, 0.6) is 0 Å². The second-order valence-electron chi connectivity index (χ2n) is 6.13. The molecule has 3 unspecified atom stereocenters. The standard InChI is InChI=1S/C17H27NO/c1-13(2)15(14-8-4-3-5-9-14)12-18-16-10-6-7-11-17(16)19/h3-5,8-9,13,15-19H,6-7,10-12H2,1-2H3. The molecule has 1 aliphatic rings. The molecule has 106 valence electrons. The molecule has 3 atom stereocenters. The van der Waals surface area contributed by atoms with E-state index < -0.39 is 0 Å². The molecule has 0 spiro atoms. The van der Waals surface area contributed by atoms with E-state index in [1.54, 1.807) is 0 Å². The SMILES string of the molecule is CC(C)C(CNC1CCCCC1O)c1ccccc1. The number of rotatable bonds is 5. The van der Waals surface area contributed by atoms with Gasteiger partial charge in [-0.15, -0.1) is 0 Å². The summed E-state index contributed by atoms with van der Waals surface area (Å²) in [6, 6.07) is 11.0. The molecule has 1 fully saturated rings. The molecule has 0 aromatic heterocycles. The fourth-order valence-electron chi connectivity index (χ4n) is 3.07. The van der Waals surface area contributed by atoms with E-state index in [0.717, 1.165) is 19.4 Å². The zero-order chi connectivity index (χ0) is 13.7. The van der Waals surface area contributed by atoms with E-state index in [9.17, 15) is 5.11 Å². The fraction of sp³-hybridized carbons (Fsp3) is 0.647. The van der Waals surface area contributed by atoms with Crippen LogP contribution in [0.3, 0.4) is 0 Å². The number of aliphatic hydroxyl groups excluding tert-OH is 1. The van der Waals surface area contributed by atoms with Crippen LogP contribution in [-0.2, 0) is 0 Å². The predicted octanol–water partition coefficient (Wildman–Crippen LogP) is 3.32. The van der Waals surface area contributed by atoms with Crippen molar-refractivity contribution in [3.05, 3.63) is 35.9 Å². The zero-order valence-corrected chi connectivity index (χ0v) is 12.2. The van der Waals surface area contributed by atoms with E-state index in [-0.39, 0.29) is 6.10 Å². The number of hydrogen-bond donors (Lipinski definition) is 2. The summed E-state index contributed by atoms with van der Waals surface area (Å²) < 4.78 is 0. The van der Waals surface area contributed by atoms with Crippen molar-refractivity contribution in [2.24, 2.45) is 5.92 Å². The molecule has 0 saturated heterocycles. The molecule has 0 radical (unpaired) electrons. The summed E-state index contributed by atoms with van der Waals surface area (Å²) in [6.45, 7) is 5.51. The lowest BCUT2D eigenvalue weighted by Crippen LogP contribution is -2.44. The number of aliphatic hydroxyl groups is 1. The van der Waals surface area contributed by atoms with Gasteiger partial charge in [-0.05, 0) is 30.2 Å². The fourth-order valence-corrected chi connectivity index (χ4v) is 3.07. The van der Waals surface area contributed by atoms with Gasteiger partial charge in [-0.2, -0.15) is 0 Å². The maximum Gasteiger partial charge on any atom is 0.0693 e. The summed E-state index contributed by atoms with van der Waals surface area (Å²) in [4.78, 5) is 0. The number of hydrogen-bond acceptors (Lipinski definition) is 2. The quantitative estimate of drug-likeness (QED) is 0.852. The Bertz CT molecular complexity index is 363. The lowest BCUT2D eigenvalue weighted by molar-refractivity contribution is 0.0895. The first-order chi connectivity index (χ1) is 9.18. The van der Waals surface area contributed by atoms with Gasteiger partial charge in [0.05, 0.1) is 6.10 Å². The maximum atomic E-state index is 10.0. The second kappa shape index (κ2) is 7.06. The van der Waals surface area contributed by atoms with Crippen molar-refractivity contribution in [1.82, 2.24) is 5.32 Å². The smallest absolute Gasteiger partial charge is 0.0693 e. The minimum absolute atomic E-state index is 0.155. The van der Waals surface area contributed by atoms with Crippen LogP contribution < -0.4 is 5.32 Å². The van der Waals surface area contributed by atoms with Gasteiger partial charge in [0.25, 0.3) is 0 Å². The highest BCUT2D eigenvalue weighted by Crippen LogP contribution is 2.25. The van der Waals surface area contributed by atoms with Gasteiger partial charge in [0, 0.05) is 12.6 Å². The Morgan fingerprint density at radius 1 is 1.16 bits per heavy atom. The summed E-state index contributed by atoms with van der Waals surface area (Å²) in [5, 5.41) is 13.6. The molecule has 19 heavy (non-hydrogen) atoms. The molecular formula is C17H27NO. The molecule has 2 rings (SSSR count). The van der Waals surface area contributed by atoms with E-state index in [4.69, 9.17) is 0 Å². The van der Waals surface area contributed by atoms with E-state index in [2.05, 4.69) is 49.5 Å². The van der Waals surface area contributed by atoms with Gasteiger partial charge in [0.2, 0.25) is 0 Å². The second-order valence-corrected chi connectivity index (χ2v) is 6.13. The van der Waals surface area contributed by atoms with Crippen molar-refractivity contribution in [3.63, 3.8) is 0 Å². The zero-order valence-electron chi connectivity index (χ0n) is 12.2. The lowest BCUT2D eigenvalue weighted by Gasteiger charge is -2.31. The third kappa shape index (κ3) is 4.05. The third-order valence-electron chi connectivity index (χ3n) is 4.36. The molecule has 0 amide bonds. The molecule has 1 aliphatic carbocycles. The maximum absolute atomic E-state index is 10.0. The number of nitrogens with one attached hydrogen (secondary N) is 1. The molecule has 0 bridgehead atoms. The molecule has 1 aromatic rings. The average molecular weight is 261 g/mol. The van der Waals surface area contributed by atoms with Crippen LogP contribution in [0.15, 0.2) is 30.3 Å². The van der Waals surface area contributed by atoms with Crippen molar-refractivity contribution in [1.29, 1.82) is 0 Å². The van der Waals surface area contributed by atoms with Crippen molar-refractivity contribution in [2.45, 2.75) is 57.6 Å². The summed E-state index contributed by atoms with van der Waals surface area (Å²) >= 11 is 0. The van der Waals surface area contributed by atoms with Crippen molar-refractivity contribution in [2.75, 3.05) is 6.54 Å². The van der Waals surface area contributed by atoms with E-state index in [1.807, 2.05) is 0 Å². The first-order valence-corrected chi connectivity index (χ1v) is 7.65. The minimum Gasteiger partial charge on any atom is -0.392 e. The van der Waals surface area contributed by atoms with Crippen LogP contribution >= 0.6 is 0 Å². The molecule has 0 aliphatic heterocycles. The first kappa shape index (κ1) is 14.5. The molecule has 2 nitrogen and oxygen atoms in total. The molecule has 1 aromatic carbocycles. The first-order valence-electron chi connectivity index (χ1n) is 7.65. The molecular weight excluding hydrogens is 234 g/mol. The van der Waals surface area contributed by atoms with Gasteiger partial charge in [0.1, 0.15) is 0 Å². The van der Waals surface area contributed by atoms with E-state index >= 15 is 0 Å². The third-order valence-corrected chi connectivity index (χ3v) is 4.36. The molecule has 0 heterocycles. The van der Waals surface area contributed by atoms with Crippen LogP contribution in [0.25, 0.3) is 0 Å². The summed E-state index contributed by atoms with van der Waals surface area (Å²) in [5.74, 6) is 1.13. The molecule has 2 heteroatoms. The van der Waals surface area contributed by atoms with E-state index in [0.29, 0.717) is 17.9 Å².